The van der Waals surface area contributed by atoms with Crippen molar-refractivity contribution in [3.05, 3.63) is 35.4 Å². The molecule has 40 heavy (non-hydrogen) atoms. The standard InChI is InChI=1S/C30H36N4O6/c1-37-25-13-21-23(31-17-19-7-5-9-33(19)29(21)35)15-27(25)39-11-3-4-12-40-28-16-24-22(14-26(28)38-2)30(36)34-10-6-8-20(34)18-32-24/h13-17,19-20,32H,3-12,18H2,1-2H3/t19-,20-/m0/s1. The molecule has 2 fully saturated rings. The Balaban J connectivity index is 1.05. The molecule has 0 saturated carbocycles. The fourth-order valence-corrected chi connectivity index (χ4v) is 6.04. The van der Waals surface area contributed by atoms with Crippen molar-refractivity contribution in [1.82, 2.24) is 9.80 Å². The lowest BCUT2D eigenvalue weighted by molar-refractivity contribution is 0.0747. The number of rotatable bonds is 9. The van der Waals surface area contributed by atoms with Crippen LogP contribution in [-0.4, -0.2) is 87.0 Å². The van der Waals surface area contributed by atoms with Gasteiger partial charge < -0.3 is 34.1 Å². The van der Waals surface area contributed by atoms with E-state index in [9.17, 15) is 9.59 Å². The van der Waals surface area contributed by atoms with E-state index < -0.39 is 0 Å². The molecule has 2 saturated heterocycles. The Bertz CT molecular complexity index is 1330. The van der Waals surface area contributed by atoms with Gasteiger partial charge in [0, 0.05) is 44.0 Å². The van der Waals surface area contributed by atoms with Gasteiger partial charge in [0.1, 0.15) is 0 Å². The summed E-state index contributed by atoms with van der Waals surface area (Å²) < 4.78 is 23.2. The second-order valence-electron chi connectivity index (χ2n) is 10.6. The van der Waals surface area contributed by atoms with Crippen molar-refractivity contribution in [1.29, 1.82) is 0 Å². The van der Waals surface area contributed by atoms with E-state index in [-0.39, 0.29) is 23.9 Å². The lowest BCUT2D eigenvalue weighted by atomic mass is 10.1. The number of methoxy groups -OCH3 is 2. The van der Waals surface area contributed by atoms with Crippen LogP contribution in [0.25, 0.3) is 0 Å². The predicted octanol–water partition coefficient (Wildman–Crippen LogP) is 4.29. The molecule has 4 aliphatic heterocycles. The Labute approximate surface area is 234 Å². The highest BCUT2D eigenvalue weighted by Gasteiger charge is 2.34. The summed E-state index contributed by atoms with van der Waals surface area (Å²) in [6.45, 7) is 3.22. The van der Waals surface area contributed by atoms with Crippen molar-refractivity contribution in [3.8, 4) is 23.0 Å². The zero-order chi connectivity index (χ0) is 27.6. The number of benzene rings is 2. The molecule has 0 radical (unpaired) electrons. The number of carbonyl (C=O) groups is 2. The smallest absolute Gasteiger partial charge is 0.256 e. The number of fused-ring (bicyclic) bond motifs is 4. The molecule has 4 aliphatic rings. The van der Waals surface area contributed by atoms with Crippen LogP contribution in [0.1, 0.15) is 59.2 Å². The Morgan fingerprint density at radius 2 is 1.48 bits per heavy atom. The first-order valence-electron chi connectivity index (χ1n) is 14.2. The average Bonchev–Trinajstić information content (AvgIpc) is 3.60. The van der Waals surface area contributed by atoms with E-state index in [0.29, 0.717) is 53.0 Å². The number of unbranched alkanes of at least 4 members (excludes halogenated alkanes) is 1. The zero-order valence-electron chi connectivity index (χ0n) is 23.1. The van der Waals surface area contributed by atoms with E-state index in [2.05, 4.69) is 10.3 Å². The number of hydrogen-bond acceptors (Lipinski definition) is 8. The van der Waals surface area contributed by atoms with Gasteiger partial charge in [0.15, 0.2) is 23.0 Å². The van der Waals surface area contributed by atoms with Crippen LogP contribution in [0.4, 0.5) is 11.4 Å². The average molecular weight is 549 g/mol. The highest BCUT2D eigenvalue weighted by molar-refractivity contribution is 6.03. The summed E-state index contributed by atoms with van der Waals surface area (Å²) >= 11 is 0. The van der Waals surface area contributed by atoms with Crippen LogP contribution >= 0.6 is 0 Å². The molecule has 2 amide bonds. The van der Waals surface area contributed by atoms with Gasteiger partial charge in [-0.15, -0.1) is 0 Å². The normalized spacial score (nSPS) is 21.1. The van der Waals surface area contributed by atoms with Gasteiger partial charge in [0.25, 0.3) is 11.8 Å². The van der Waals surface area contributed by atoms with Crippen LogP contribution in [0.5, 0.6) is 23.0 Å². The number of hydrogen-bond donors (Lipinski definition) is 1. The van der Waals surface area contributed by atoms with E-state index in [1.807, 2.05) is 22.1 Å². The summed E-state index contributed by atoms with van der Waals surface area (Å²) in [4.78, 5) is 34.6. The van der Waals surface area contributed by atoms with Crippen molar-refractivity contribution < 1.29 is 28.5 Å². The molecular formula is C30H36N4O6. The molecule has 0 aromatic heterocycles. The third-order valence-electron chi connectivity index (χ3n) is 8.21. The maximum Gasteiger partial charge on any atom is 0.256 e. The predicted molar refractivity (Wildman–Crippen MR) is 151 cm³/mol. The maximum absolute atomic E-state index is 13.1. The van der Waals surface area contributed by atoms with Gasteiger partial charge in [-0.2, -0.15) is 0 Å². The molecule has 1 N–H and O–H groups in total. The van der Waals surface area contributed by atoms with Gasteiger partial charge >= 0.3 is 0 Å². The van der Waals surface area contributed by atoms with Crippen molar-refractivity contribution in [2.24, 2.45) is 4.99 Å². The van der Waals surface area contributed by atoms with Crippen LogP contribution in [0.15, 0.2) is 29.3 Å². The summed E-state index contributed by atoms with van der Waals surface area (Å²) in [5.41, 5.74) is 2.57. The van der Waals surface area contributed by atoms with Crippen molar-refractivity contribution in [2.75, 3.05) is 52.4 Å². The van der Waals surface area contributed by atoms with Crippen LogP contribution in [0.2, 0.25) is 0 Å². The zero-order valence-corrected chi connectivity index (χ0v) is 23.1. The minimum Gasteiger partial charge on any atom is -0.493 e. The molecule has 0 aliphatic carbocycles. The number of carbonyl (C=O) groups excluding carboxylic acids is 2. The summed E-state index contributed by atoms with van der Waals surface area (Å²) in [6.07, 6.45) is 7.38. The second-order valence-corrected chi connectivity index (χ2v) is 10.6. The highest BCUT2D eigenvalue weighted by Crippen LogP contribution is 2.39. The van der Waals surface area contributed by atoms with Crippen LogP contribution in [0, 0.1) is 0 Å². The summed E-state index contributed by atoms with van der Waals surface area (Å²) in [7, 11) is 3.16. The van der Waals surface area contributed by atoms with Gasteiger partial charge in [0.05, 0.1) is 56.0 Å². The Kier molecular flexibility index (Phi) is 7.40. The minimum absolute atomic E-state index is 0.00911. The second kappa shape index (κ2) is 11.3. The third-order valence-corrected chi connectivity index (χ3v) is 8.21. The fraction of sp³-hybridized carbons (Fsp3) is 0.500. The number of nitrogens with one attached hydrogen (secondary N) is 1. The van der Waals surface area contributed by atoms with Gasteiger partial charge in [-0.05, 0) is 50.7 Å². The Morgan fingerprint density at radius 1 is 0.825 bits per heavy atom. The van der Waals surface area contributed by atoms with Crippen LogP contribution in [0.3, 0.4) is 0 Å². The maximum atomic E-state index is 13.1. The number of anilines is 1. The molecular weight excluding hydrogens is 512 g/mol. The third kappa shape index (κ3) is 4.91. The van der Waals surface area contributed by atoms with Crippen molar-refractivity contribution >= 4 is 29.4 Å². The molecule has 2 aromatic rings. The van der Waals surface area contributed by atoms with Gasteiger partial charge in [-0.3, -0.25) is 14.6 Å². The van der Waals surface area contributed by atoms with Crippen LogP contribution < -0.4 is 24.3 Å². The first-order chi connectivity index (χ1) is 19.6. The van der Waals surface area contributed by atoms with E-state index in [4.69, 9.17) is 18.9 Å². The molecule has 10 heteroatoms. The van der Waals surface area contributed by atoms with Gasteiger partial charge in [0.2, 0.25) is 0 Å². The number of amides is 2. The molecule has 4 heterocycles. The molecule has 6 rings (SSSR count). The van der Waals surface area contributed by atoms with Gasteiger partial charge in [-0.25, -0.2) is 0 Å². The Morgan fingerprint density at radius 3 is 2.23 bits per heavy atom. The van der Waals surface area contributed by atoms with Crippen molar-refractivity contribution in [2.45, 2.75) is 50.6 Å². The molecule has 2 aromatic carbocycles. The molecule has 0 bridgehead atoms. The molecule has 0 unspecified atom stereocenters. The summed E-state index contributed by atoms with van der Waals surface area (Å²) in [6, 6.07) is 7.48. The highest BCUT2D eigenvalue weighted by atomic mass is 16.5. The Hall–Kier alpha value is -3.95. The van der Waals surface area contributed by atoms with Gasteiger partial charge in [-0.1, -0.05) is 0 Å². The summed E-state index contributed by atoms with van der Waals surface area (Å²) in [5, 5.41) is 3.43. The largest absolute Gasteiger partial charge is 0.493 e. The topological polar surface area (TPSA) is 102 Å². The molecule has 0 spiro atoms. The van der Waals surface area contributed by atoms with E-state index in [1.165, 1.54) is 0 Å². The minimum atomic E-state index is -0.00911. The van der Waals surface area contributed by atoms with E-state index in [0.717, 1.165) is 63.8 Å². The lowest BCUT2D eigenvalue weighted by Gasteiger charge is -2.21. The summed E-state index contributed by atoms with van der Waals surface area (Å²) in [5.74, 6) is 2.29. The molecule has 2 atom stereocenters. The number of nitrogens with zero attached hydrogens (tertiary/aromatic N) is 3. The monoisotopic (exact) mass is 548 g/mol. The number of aliphatic imine (C=N–C) groups is 1. The SMILES string of the molecule is COc1cc2c(cc1OCCCCOc1cc3c(cc1OC)C(=O)N1CCC[C@H]1CN3)N=C[C@@H]1CCCN1C2=O. The van der Waals surface area contributed by atoms with Crippen molar-refractivity contribution in [3.63, 3.8) is 0 Å². The first kappa shape index (κ1) is 26.3. The first-order valence-corrected chi connectivity index (χ1v) is 14.2. The van der Waals surface area contributed by atoms with E-state index >= 15 is 0 Å². The fourth-order valence-electron chi connectivity index (χ4n) is 6.04. The number of ether oxygens (including phenoxy) is 4. The molecule has 212 valence electrons. The lowest BCUT2D eigenvalue weighted by Crippen LogP contribution is -2.36. The van der Waals surface area contributed by atoms with Crippen LogP contribution in [-0.2, 0) is 0 Å². The quantitative estimate of drug-likeness (QED) is 0.467. The van der Waals surface area contributed by atoms with E-state index in [1.54, 1.807) is 32.4 Å². The molecule has 10 nitrogen and oxygen atoms in total.